The zero-order valence-corrected chi connectivity index (χ0v) is 9.40. The molecule has 0 heterocycles. The van der Waals surface area contributed by atoms with Crippen LogP contribution in [0.15, 0.2) is 0 Å². The highest BCUT2D eigenvalue weighted by Crippen LogP contribution is 2.14. The Labute approximate surface area is 79.7 Å². The first-order valence-electron chi connectivity index (χ1n) is 5.78. The average molecular weight is 166 g/mol. The van der Waals surface area contributed by atoms with Crippen LogP contribution in [-0.4, -0.2) is 13.4 Å². The molecule has 0 aliphatic heterocycles. The molecule has 0 fully saturated rings. The third kappa shape index (κ3) is 4.90. The summed E-state index contributed by atoms with van der Waals surface area (Å²) >= 11 is 0. The summed E-state index contributed by atoms with van der Waals surface area (Å²) in [5.74, 6) is 0. The van der Waals surface area contributed by atoms with E-state index in [1.165, 1.54) is 37.9 Å². The summed E-state index contributed by atoms with van der Waals surface area (Å²) in [6, 6.07) is 0. The standard InChI is InChI=1S/C10H24B2/c1-5-11(6-2)9-10-12(7-3)8-4/h5-10H2,1-4H3. The summed E-state index contributed by atoms with van der Waals surface area (Å²) in [6.45, 7) is 11.3. The van der Waals surface area contributed by atoms with Crippen LogP contribution in [-0.2, 0) is 0 Å². The van der Waals surface area contributed by atoms with E-state index in [0.717, 1.165) is 13.4 Å². The highest BCUT2D eigenvalue weighted by molar-refractivity contribution is 6.64. The molecule has 12 heavy (non-hydrogen) atoms. The molecule has 0 bridgehead atoms. The van der Waals surface area contributed by atoms with Gasteiger partial charge in [0.15, 0.2) is 0 Å². The highest BCUT2D eigenvalue weighted by Gasteiger charge is 2.13. The first-order chi connectivity index (χ1) is 5.78. The van der Waals surface area contributed by atoms with Gasteiger partial charge >= 0.3 is 0 Å². The van der Waals surface area contributed by atoms with E-state index in [4.69, 9.17) is 0 Å². The zero-order valence-electron chi connectivity index (χ0n) is 9.40. The lowest BCUT2D eigenvalue weighted by atomic mass is 9.34. The normalized spacial score (nSPS) is 10.0. The monoisotopic (exact) mass is 166 g/mol. The lowest BCUT2D eigenvalue weighted by Crippen LogP contribution is -2.15. The Bertz CT molecular complexity index is 73.8. The van der Waals surface area contributed by atoms with E-state index in [1.54, 1.807) is 0 Å². The molecule has 0 saturated carbocycles. The van der Waals surface area contributed by atoms with Gasteiger partial charge in [-0.15, -0.1) is 0 Å². The average Bonchev–Trinajstić information content (AvgIpc) is 2.13. The minimum atomic E-state index is 0.991. The van der Waals surface area contributed by atoms with Crippen molar-refractivity contribution in [2.75, 3.05) is 0 Å². The minimum absolute atomic E-state index is 0.991. The number of hydrogen-bond donors (Lipinski definition) is 0. The molecule has 0 spiro atoms. The Morgan fingerprint density at radius 1 is 0.583 bits per heavy atom. The van der Waals surface area contributed by atoms with Crippen molar-refractivity contribution in [3.63, 3.8) is 0 Å². The van der Waals surface area contributed by atoms with Crippen molar-refractivity contribution in [2.24, 2.45) is 0 Å². The van der Waals surface area contributed by atoms with Crippen LogP contribution in [0.25, 0.3) is 0 Å². The molecular formula is C10H24B2. The Balaban J connectivity index is 3.49. The van der Waals surface area contributed by atoms with E-state index in [-0.39, 0.29) is 0 Å². The molecule has 0 radical (unpaired) electrons. The van der Waals surface area contributed by atoms with Gasteiger partial charge in [-0.1, -0.05) is 65.6 Å². The van der Waals surface area contributed by atoms with Crippen LogP contribution in [0.3, 0.4) is 0 Å². The summed E-state index contributed by atoms with van der Waals surface area (Å²) < 4.78 is 0. The van der Waals surface area contributed by atoms with Gasteiger partial charge in [0.05, 0.1) is 0 Å². The SMILES string of the molecule is CCB(CC)CCB(CC)CC. The van der Waals surface area contributed by atoms with Gasteiger partial charge in [0.1, 0.15) is 13.4 Å². The predicted molar refractivity (Wildman–Crippen MR) is 63.0 cm³/mol. The Hall–Kier alpha value is 0.130. The number of hydrogen-bond acceptors (Lipinski definition) is 0. The van der Waals surface area contributed by atoms with Gasteiger partial charge in [0.25, 0.3) is 0 Å². The van der Waals surface area contributed by atoms with Crippen molar-refractivity contribution in [2.45, 2.75) is 65.6 Å². The maximum Gasteiger partial charge on any atom is 0.138 e. The molecule has 0 unspecified atom stereocenters. The van der Waals surface area contributed by atoms with E-state index >= 15 is 0 Å². The summed E-state index contributed by atoms with van der Waals surface area (Å²) in [5, 5.41) is 0. The fourth-order valence-electron chi connectivity index (χ4n) is 1.87. The van der Waals surface area contributed by atoms with Gasteiger partial charge < -0.3 is 0 Å². The Morgan fingerprint density at radius 2 is 0.833 bits per heavy atom. The first-order valence-corrected chi connectivity index (χ1v) is 5.78. The van der Waals surface area contributed by atoms with Crippen LogP contribution in [0.4, 0.5) is 0 Å². The van der Waals surface area contributed by atoms with Gasteiger partial charge in [-0.25, -0.2) is 0 Å². The van der Waals surface area contributed by atoms with Gasteiger partial charge in [-0.3, -0.25) is 0 Å². The molecule has 0 aromatic rings. The zero-order chi connectivity index (χ0) is 9.40. The molecule has 0 aliphatic rings. The van der Waals surface area contributed by atoms with E-state index in [1.807, 2.05) is 0 Å². The van der Waals surface area contributed by atoms with Gasteiger partial charge in [-0.2, -0.15) is 0 Å². The topological polar surface area (TPSA) is 0 Å². The molecule has 0 atom stereocenters. The molecule has 0 N–H and O–H groups in total. The second-order valence-electron chi connectivity index (χ2n) is 3.94. The molecule has 0 aromatic carbocycles. The maximum absolute atomic E-state index is 2.32. The van der Waals surface area contributed by atoms with Crippen molar-refractivity contribution < 1.29 is 0 Å². The van der Waals surface area contributed by atoms with E-state index in [2.05, 4.69) is 27.7 Å². The summed E-state index contributed by atoms with van der Waals surface area (Å²) in [4.78, 5) is 0. The van der Waals surface area contributed by atoms with Crippen molar-refractivity contribution in [3.8, 4) is 0 Å². The van der Waals surface area contributed by atoms with Gasteiger partial charge in [-0.05, 0) is 0 Å². The van der Waals surface area contributed by atoms with E-state index in [9.17, 15) is 0 Å². The number of rotatable bonds is 7. The van der Waals surface area contributed by atoms with Crippen molar-refractivity contribution in [1.29, 1.82) is 0 Å². The maximum atomic E-state index is 2.32. The molecule has 0 nitrogen and oxygen atoms in total. The lowest BCUT2D eigenvalue weighted by molar-refractivity contribution is 1.18. The fraction of sp³-hybridized carbons (Fsp3) is 1.00. The Morgan fingerprint density at radius 3 is 1.00 bits per heavy atom. The van der Waals surface area contributed by atoms with Crippen LogP contribution in [0, 0.1) is 0 Å². The largest absolute Gasteiger partial charge is 0.138 e. The minimum Gasteiger partial charge on any atom is -0.0806 e. The smallest absolute Gasteiger partial charge is 0.0806 e. The summed E-state index contributed by atoms with van der Waals surface area (Å²) in [7, 11) is 0. The molecule has 0 aliphatic carbocycles. The van der Waals surface area contributed by atoms with Crippen molar-refractivity contribution in [3.05, 3.63) is 0 Å². The lowest BCUT2D eigenvalue weighted by Gasteiger charge is -2.12. The summed E-state index contributed by atoms with van der Waals surface area (Å²) in [5.41, 5.74) is 0. The van der Waals surface area contributed by atoms with E-state index < -0.39 is 0 Å². The Kier molecular flexibility index (Phi) is 7.85. The molecular weight excluding hydrogens is 142 g/mol. The summed E-state index contributed by atoms with van der Waals surface area (Å²) in [6.07, 6.45) is 8.40. The van der Waals surface area contributed by atoms with Crippen LogP contribution in [0.1, 0.15) is 27.7 Å². The van der Waals surface area contributed by atoms with Crippen molar-refractivity contribution in [1.82, 2.24) is 0 Å². The van der Waals surface area contributed by atoms with Crippen LogP contribution >= 0.6 is 0 Å². The van der Waals surface area contributed by atoms with Crippen LogP contribution in [0.5, 0.6) is 0 Å². The fourth-order valence-corrected chi connectivity index (χ4v) is 1.87. The molecule has 0 rings (SSSR count). The second kappa shape index (κ2) is 7.76. The molecule has 70 valence electrons. The van der Waals surface area contributed by atoms with Crippen molar-refractivity contribution >= 4 is 13.4 Å². The van der Waals surface area contributed by atoms with E-state index in [0.29, 0.717) is 0 Å². The molecule has 2 heteroatoms. The second-order valence-corrected chi connectivity index (χ2v) is 3.94. The quantitative estimate of drug-likeness (QED) is 0.500. The van der Waals surface area contributed by atoms with Crippen LogP contribution in [0.2, 0.25) is 37.9 Å². The van der Waals surface area contributed by atoms with Gasteiger partial charge in [0.2, 0.25) is 0 Å². The molecule has 0 amide bonds. The molecule has 0 saturated heterocycles. The van der Waals surface area contributed by atoms with Crippen LogP contribution < -0.4 is 0 Å². The third-order valence-corrected chi connectivity index (χ3v) is 3.29. The first kappa shape index (κ1) is 12.1. The predicted octanol–water partition coefficient (Wildman–Crippen LogP) is 4.06. The van der Waals surface area contributed by atoms with Gasteiger partial charge in [0, 0.05) is 0 Å². The molecule has 0 aromatic heterocycles. The third-order valence-electron chi connectivity index (χ3n) is 3.29. The highest BCUT2D eigenvalue weighted by atomic mass is 13.8.